The molecule has 0 aliphatic carbocycles. The molecule has 0 atom stereocenters. The average molecular weight is 286 g/mol. The number of benzene rings is 1. The molecule has 0 unspecified atom stereocenters. The predicted octanol–water partition coefficient (Wildman–Crippen LogP) is 2.11. The Morgan fingerprint density at radius 2 is 2.10 bits per heavy atom. The van der Waals surface area contributed by atoms with Crippen LogP contribution in [0.3, 0.4) is 0 Å². The summed E-state index contributed by atoms with van der Waals surface area (Å²) in [5.74, 6) is -1.05. The number of nitrogens with one attached hydrogen (secondary N) is 1. The Kier molecular flexibility index (Phi) is 4.50. The van der Waals surface area contributed by atoms with Crippen molar-refractivity contribution in [3.05, 3.63) is 53.7 Å². The quantitative estimate of drug-likeness (QED) is 0.878. The second-order valence-corrected chi connectivity index (χ2v) is 4.36. The number of carbonyl (C=O) groups excluding carboxylic acids is 1. The van der Waals surface area contributed by atoms with Crippen molar-refractivity contribution in [3.8, 4) is 5.75 Å². The van der Waals surface area contributed by atoms with E-state index in [-0.39, 0.29) is 18.0 Å². The maximum Gasteiger partial charge on any atom is 0.339 e. The minimum Gasteiger partial charge on any atom is -0.484 e. The van der Waals surface area contributed by atoms with E-state index in [1.165, 1.54) is 18.3 Å². The van der Waals surface area contributed by atoms with Gasteiger partial charge in [0.05, 0.1) is 0 Å². The number of carboxylic acids is 1. The Morgan fingerprint density at radius 1 is 1.29 bits per heavy atom. The van der Waals surface area contributed by atoms with Gasteiger partial charge in [-0.3, -0.25) is 4.79 Å². The highest BCUT2D eigenvalue weighted by Crippen LogP contribution is 2.13. The molecule has 1 aromatic heterocycles. The lowest BCUT2D eigenvalue weighted by atomic mass is 10.2. The van der Waals surface area contributed by atoms with Gasteiger partial charge in [0, 0.05) is 6.20 Å². The van der Waals surface area contributed by atoms with Crippen molar-refractivity contribution in [3.63, 3.8) is 0 Å². The smallest absolute Gasteiger partial charge is 0.339 e. The van der Waals surface area contributed by atoms with Crippen LogP contribution in [0.4, 0.5) is 5.82 Å². The van der Waals surface area contributed by atoms with Gasteiger partial charge in [0.1, 0.15) is 17.1 Å². The van der Waals surface area contributed by atoms with Gasteiger partial charge in [-0.05, 0) is 36.8 Å². The Labute approximate surface area is 121 Å². The largest absolute Gasteiger partial charge is 0.484 e. The van der Waals surface area contributed by atoms with Crippen molar-refractivity contribution < 1.29 is 19.4 Å². The number of anilines is 1. The first-order valence-corrected chi connectivity index (χ1v) is 6.24. The molecule has 2 aromatic rings. The lowest BCUT2D eigenvalue weighted by Gasteiger charge is -2.09. The standard InChI is InChI=1S/C15H14N2O4/c1-10-4-2-5-11(8-10)21-9-13(18)17-14-12(15(19)20)6-3-7-16-14/h2-8H,9H2,1H3,(H,19,20)(H,16,17,18). The normalized spacial score (nSPS) is 9.95. The fourth-order valence-corrected chi connectivity index (χ4v) is 1.70. The SMILES string of the molecule is Cc1cccc(OCC(=O)Nc2ncccc2C(=O)O)c1. The van der Waals surface area contributed by atoms with E-state index in [2.05, 4.69) is 10.3 Å². The van der Waals surface area contributed by atoms with Gasteiger partial charge in [-0.1, -0.05) is 12.1 Å². The van der Waals surface area contributed by atoms with E-state index in [4.69, 9.17) is 9.84 Å². The number of amides is 1. The first kappa shape index (κ1) is 14.5. The van der Waals surface area contributed by atoms with E-state index in [1.54, 1.807) is 12.1 Å². The summed E-state index contributed by atoms with van der Waals surface area (Å²) in [5, 5.41) is 11.4. The third-order valence-electron chi connectivity index (χ3n) is 2.66. The van der Waals surface area contributed by atoms with E-state index in [0.29, 0.717) is 5.75 Å². The third kappa shape index (κ3) is 4.04. The highest BCUT2D eigenvalue weighted by molar-refractivity contribution is 5.99. The lowest BCUT2D eigenvalue weighted by Crippen LogP contribution is -2.22. The molecule has 0 bridgehead atoms. The van der Waals surface area contributed by atoms with E-state index in [9.17, 15) is 9.59 Å². The molecular weight excluding hydrogens is 272 g/mol. The molecule has 21 heavy (non-hydrogen) atoms. The third-order valence-corrected chi connectivity index (χ3v) is 2.66. The molecule has 6 nitrogen and oxygen atoms in total. The zero-order chi connectivity index (χ0) is 15.2. The van der Waals surface area contributed by atoms with Gasteiger partial charge < -0.3 is 15.2 Å². The molecule has 0 saturated carbocycles. The van der Waals surface area contributed by atoms with Crippen molar-refractivity contribution >= 4 is 17.7 Å². The molecule has 1 aromatic carbocycles. The van der Waals surface area contributed by atoms with Crippen LogP contribution in [0.2, 0.25) is 0 Å². The van der Waals surface area contributed by atoms with Crippen LogP contribution in [0.15, 0.2) is 42.6 Å². The Hall–Kier alpha value is -2.89. The predicted molar refractivity (Wildman–Crippen MR) is 76.5 cm³/mol. The van der Waals surface area contributed by atoms with Crippen molar-refractivity contribution in [2.45, 2.75) is 6.92 Å². The van der Waals surface area contributed by atoms with Crippen molar-refractivity contribution in [1.29, 1.82) is 0 Å². The van der Waals surface area contributed by atoms with Gasteiger partial charge in [-0.15, -0.1) is 0 Å². The van der Waals surface area contributed by atoms with Crippen LogP contribution in [0.5, 0.6) is 5.75 Å². The summed E-state index contributed by atoms with van der Waals surface area (Å²) < 4.78 is 5.33. The van der Waals surface area contributed by atoms with Gasteiger partial charge in [0.25, 0.3) is 5.91 Å². The number of carbonyl (C=O) groups is 2. The summed E-state index contributed by atoms with van der Waals surface area (Å²) in [6.07, 6.45) is 1.41. The molecule has 6 heteroatoms. The number of aromatic carboxylic acids is 1. The molecular formula is C15H14N2O4. The minimum atomic E-state index is -1.15. The minimum absolute atomic E-state index is 0.00263. The number of hydrogen-bond donors (Lipinski definition) is 2. The van der Waals surface area contributed by atoms with Gasteiger partial charge in [-0.25, -0.2) is 9.78 Å². The zero-order valence-electron chi connectivity index (χ0n) is 11.4. The summed E-state index contributed by atoms with van der Waals surface area (Å²) in [5.41, 5.74) is 0.951. The molecule has 0 fully saturated rings. The van der Waals surface area contributed by atoms with Crippen LogP contribution < -0.4 is 10.1 Å². The van der Waals surface area contributed by atoms with Crippen LogP contribution in [0, 0.1) is 6.92 Å². The maximum atomic E-state index is 11.8. The zero-order valence-corrected chi connectivity index (χ0v) is 11.4. The van der Waals surface area contributed by atoms with Crippen LogP contribution >= 0.6 is 0 Å². The molecule has 0 spiro atoms. The molecule has 0 aliphatic heterocycles. The lowest BCUT2D eigenvalue weighted by molar-refractivity contribution is -0.118. The summed E-state index contributed by atoms with van der Waals surface area (Å²) in [7, 11) is 0. The van der Waals surface area contributed by atoms with Gasteiger partial charge in [0.15, 0.2) is 6.61 Å². The van der Waals surface area contributed by atoms with E-state index >= 15 is 0 Å². The number of rotatable bonds is 5. The first-order valence-electron chi connectivity index (χ1n) is 6.24. The van der Waals surface area contributed by atoms with Crippen molar-refractivity contribution in [2.24, 2.45) is 0 Å². The molecule has 0 saturated heterocycles. The first-order chi connectivity index (χ1) is 10.1. The topological polar surface area (TPSA) is 88.5 Å². The van der Waals surface area contributed by atoms with Gasteiger partial charge in [-0.2, -0.15) is 0 Å². The van der Waals surface area contributed by atoms with E-state index < -0.39 is 11.9 Å². The van der Waals surface area contributed by atoms with E-state index in [0.717, 1.165) is 5.56 Å². The fourth-order valence-electron chi connectivity index (χ4n) is 1.70. The Bertz CT molecular complexity index is 670. The van der Waals surface area contributed by atoms with Crippen molar-refractivity contribution in [1.82, 2.24) is 4.98 Å². The molecule has 2 N–H and O–H groups in total. The van der Waals surface area contributed by atoms with Gasteiger partial charge in [0.2, 0.25) is 0 Å². The molecule has 0 aliphatic rings. The second kappa shape index (κ2) is 6.51. The molecule has 108 valence electrons. The summed E-state index contributed by atoms with van der Waals surface area (Å²) >= 11 is 0. The number of nitrogens with zero attached hydrogens (tertiary/aromatic N) is 1. The summed E-state index contributed by atoms with van der Waals surface area (Å²) in [4.78, 5) is 26.6. The summed E-state index contributed by atoms with van der Waals surface area (Å²) in [6.45, 7) is 1.69. The number of hydrogen-bond acceptors (Lipinski definition) is 4. The second-order valence-electron chi connectivity index (χ2n) is 4.36. The Morgan fingerprint density at radius 3 is 2.81 bits per heavy atom. The van der Waals surface area contributed by atoms with Crippen LogP contribution in [-0.2, 0) is 4.79 Å². The fraction of sp³-hybridized carbons (Fsp3) is 0.133. The number of carboxylic acid groups (broad SMARTS) is 1. The molecule has 1 heterocycles. The average Bonchev–Trinajstić information content (AvgIpc) is 2.45. The maximum absolute atomic E-state index is 11.8. The Balaban J connectivity index is 1.98. The van der Waals surface area contributed by atoms with Gasteiger partial charge >= 0.3 is 5.97 Å². The molecule has 0 radical (unpaired) electrons. The summed E-state index contributed by atoms with van der Waals surface area (Å²) in [6, 6.07) is 10.1. The molecule has 2 rings (SSSR count). The monoisotopic (exact) mass is 286 g/mol. The van der Waals surface area contributed by atoms with E-state index in [1.807, 2.05) is 19.1 Å². The molecule has 1 amide bonds. The highest BCUT2D eigenvalue weighted by Gasteiger charge is 2.13. The van der Waals surface area contributed by atoms with Crippen molar-refractivity contribution in [2.75, 3.05) is 11.9 Å². The number of ether oxygens (including phenoxy) is 1. The van der Waals surface area contributed by atoms with Crippen LogP contribution in [0.25, 0.3) is 0 Å². The highest BCUT2D eigenvalue weighted by atomic mass is 16.5. The van der Waals surface area contributed by atoms with Crippen LogP contribution in [0.1, 0.15) is 15.9 Å². The number of pyridine rings is 1. The van der Waals surface area contributed by atoms with Crippen LogP contribution in [-0.4, -0.2) is 28.6 Å². The number of aryl methyl sites for hydroxylation is 1. The number of aromatic nitrogens is 1.